The number of halogens is 1. The molecule has 144 valence electrons. The third kappa shape index (κ3) is 4.36. The molecule has 8 heteroatoms. The van der Waals surface area contributed by atoms with E-state index in [1.165, 1.54) is 24.3 Å². The molecule has 0 aliphatic heterocycles. The van der Waals surface area contributed by atoms with Crippen molar-refractivity contribution in [2.45, 2.75) is 10.8 Å². The molecular formula is C20H17FN2O4S. The van der Waals surface area contributed by atoms with E-state index < -0.39 is 27.7 Å². The molecule has 3 aromatic carbocycles. The minimum atomic E-state index is -3.95. The smallest absolute Gasteiger partial charge is 0.261 e. The van der Waals surface area contributed by atoms with Crippen molar-refractivity contribution in [2.24, 2.45) is 0 Å². The van der Waals surface area contributed by atoms with Crippen molar-refractivity contribution in [3.05, 3.63) is 95.8 Å². The van der Waals surface area contributed by atoms with Crippen molar-refractivity contribution in [2.75, 3.05) is 4.72 Å². The lowest BCUT2D eigenvalue weighted by Crippen LogP contribution is -2.27. The van der Waals surface area contributed by atoms with E-state index in [2.05, 4.69) is 4.72 Å². The van der Waals surface area contributed by atoms with E-state index in [0.717, 1.165) is 12.1 Å². The second-order valence-electron chi connectivity index (χ2n) is 6.00. The Kier molecular flexibility index (Phi) is 5.72. The molecule has 0 saturated heterocycles. The number of hydrogen-bond donors (Lipinski definition) is 3. The number of benzene rings is 3. The van der Waals surface area contributed by atoms with Crippen molar-refractivity contribution in [1.82, 2.24) is 5.48 Å². The molecule has 1 unspecified atom stereocenters. The number of hydrogen-bond acceptors (Lipinski definition) is 4. The zero-order chi connectivity index (χ0) is 20.1. The Morgan fingerprint density at radius 2 is 1.54 bits per heavy atom. The normalized spacial score (nSPS) is 12.2. The quantitative estimate of drug-likeness (QED) is 0.437. The molecular weight excluding hydrogens is 383 g/mol. The van der Waals surface area contributed by atoms with Gasteiger partial charge in [-0.3, -0.25) is 14.7 Å². The standard InChI is InChI=1S/C20H17FN2O4S/c21-16-7-4-8-18(13-16)28(26,27)23-17-11-9-15(10-12-17)19(20(24)22-25)14-5-2-1-3-6-14/h1-13,19,23,25H,(H,22,24). The Balaban J connectivity index is 1.87. The summed E-state index contributed by atoms with van der Waals surface area (Å²) in [6.45, 7) is 0. The van der Waals surface area contributed by atoms with Gasteiger partial charge in [0.15, 0.2) is 0 Å². The average Bonchev–Trinajstić information content (AvgIpc) is 2.70. The van der Waals surface area contributed by atoms with Crippen LogP contribution in [-0.2, 0) is 14.8 Å². The Morgan fingerprint density at radius 1 is 0.893 bits per heavy atom. The van der Waals surface area contributed by atoms with Crippen LogP contribution in [-0.4, -0.2) is 19.5 Å². The minimum absolute atomic E-state index is 0.196. The van der Waals surface area contributed by atoms with Crippen LogP contribution in [0.5, 0.6) is 0 Å². The molecule has 0 radical (unpaired) electrons. The van der Waals surface area contributed by atoms with Crippen LogP contribution >= 0.6 is 0 Å². The average molecular weight is 400 g/mol. The summed E-state index contributed by atoms with van der Waals surface area (Å²) < 4.78 is 40.4. The molecule has 0 aromatic heterocycles. The van der Waals surface area contributed by atoms with Gasteiger partial charge in [0.1, 0.15) is 5.82 Å². The molecule has 1 amide bonds. The molecule has 3 aromatic rings. The first-order valence-electron chi connectivity index (χ1n) is 8.28. The largest absolute Gasteiger partial charge is 0.289 e. The lowest BCUT2D eigenvalue weighted by atomic mass is 9.90. The maximum atomic E-state index is 13.3. The van der Waals surface area contributed by atoms with Crippen LogP contribution in [0.1, 0.15) is 17.0 Å². The predicted molar refractivity (Wildman–Crippen MR) is 102 cm³/mol. The Hall–Kier alpha value is -3.23. The van der Waals surface area contributed by atoms with Gasteiger partial charge in [-0.2, -0.15) is 0 Å². The molecule has 0 heterocycles. The fourth-order valence-corrected chi connectivity index (χ4v) is 3.89. The SMILES string of the molecule is O=C(NO)C(c1ccccc1)c1ccc(NS(=O)(=O)c2cccc(F)c2)cc1. The van der Waals surface area contributed by atoms with E-state index in [-0.39, 0.29) is 10.6 Å². The first kappa shape index (κ1) is 19.5. The summed E-state index contributed by atoms with van der Waals surface area (Å²) in [5.74, 6) is -2.03. The van der Waals surface area contributed by atoms with E-state index in [1.807, 2.05) is 6.07 Å². The Bertz CT molecular complexity index is 1070. The third-order valence-corrected chi connectivity index (χ3v) is 5.49. The number of amides is 1. The summed E-state index contributed by atoms with van der Waals surface area (Å²) in [4.78, 5) is 11.9. The van der Waals surface area contributed by atoms with Crippen molar-refractivity contribution in [3.8, 4) is 0 Å². The number of hydroxylamine groups is 1. The van der Waals surface area contributed by atoms with Crippen LogP contribution in [0.2, 0.25) is 0 Å². The second-order valence-corrected chi connectivity index (χ2v) is 7.69. The van der Waals surface area contributed by atoms with E-state index in [4.69, 9.17) is 5.21 Å². The summed E-state index contributed by atoms with van der Waals surface area (Å²) in [6.07, 6.45) is 0. The van der Waals surface area contributed by atoms with E-state index in [9.17, 15) is 17.6 Å². The molecule has 3 N–H and O–H groups in total. The maximum Gasteiger partial charge on any atom is 0.261 e. The maximum absolute atomic E-state index is 13.3. The molecule has 0 aliphatic carbocycles. The predicted octanol–water partition coefficient (Wildman–Crippen LogP) is 3.26. The van der Waals surface area contributed by atoms with Gasteiger partial charge in [-0.15, -0.1) is 0 Å². The molecule has 6 nitrogen and oxygen atoms in total. The molecule has 1 atom stereocenters. The van der Waals surface area contributed by atoms with Gasteiger partial charge in [0.05, 0.1) is 10.8 Å². The van der Waals surface area contributed by atoms with Gasteiger partial charge >= 0.3 is 0 Å². The van der Waals surface area contributed by atoms with Gasteiger partial charge in [-0.05, 0) is 41.5 Å². The van der Waals surface area contributed by atoms with Gasteiger partial charge in [-0.25, -0.2) is 18.3 Å². The fraction of sp³-hybridized carbons (Fsp3) is 0.0500. The number of carbonyl (C=O) groups excluding carboxylic acids is 1. The van der Waals surface area contributed by atoms with Gasteiger partial charge < -0.3 is 0 Å². The molecule has 0 spiro atoms. The minimum Gasteiger partial charge on any atom is -0.289 e. The number of rotatable bonds is 6. The highest BCUT2D eigenvalue weighted by Crippen LogP contribution is 2.27. The third-order valence-electron chi connectivity index (χ3n) is 4.11. The lowest BCUT2D eigenvalue weighted by Gasteiger charge is -2.16. The number of anilines is 1. The summed E-state index contributed by atoms with van der Waals surface area (Å²) in [5.41, 5.74) is 3.14. The molecule has 28 heavy (non-hydrogen) atoms. The number of nitrogens with one attached hydrogen (secondary N) is 2. The van der Waals surface area contributed by atoms with Gasteiger partial charge in [0.2, 0.25) is 0 Å². The molecule has 0 saturated carbocycles. The molecule has 0 aliphatic rings. The summed E-state index contributed by atoms with van der Waals surface area (Å²) in [5, 5.41) is 9.06. The van der Waals surface area contributed by atoms with E-state index >= 15 is 0 Å². The zero-order valence-electron chi connectivity index (χ0n) is 14.5. The van der Waals surface area contributed by atoms with Crippen LogP contribution in [0.15, 0.2) is 83.8 Å². The molecule has 0 bridgehead atoms. The molecule has 3 rings (SSSR count). The fourth-order valence-electron chi connectivity index (χ4n) is 2.80. The van der Waals surface area contributed by atoms with E-state index in [1.54, 1.807) is 41.9 Å². The van der Waals surface area contributed by atoms with Crippen molar-refractivity contribution in [3.63, 3.8) is 0 Å². The summed E-state index contributed by atoms with van der Waals surface area (Å²) >= 11 is 0. The highest BCUT2D eigenvalue weighted by molar-refractivity contribution is 7.92. The lowest BCUT2D eigenvalue weighted by molar-refractivity contribution is -0.129. The van der Waals surface area contributed by atoms with E-state index in [0.29, 0.717) is 11.1 Å². The van der Waals surface area contributed by atoms with Crippen molar-refractivity contribution >= 4 is 21.6 Å². The summed E-state index contributed by atoms with van der Waals surface area (Å²) in [6, 6.07) is 19.7. The van der Waals surface area contributed by atoms with Crippen molar-refractivity contribution in [1.29, 1.82) is 0 Å². The van der Waals surface area contributed by atoms with Gasteiger partial charge in [0, 0.05) is 5.69 Å². The summed E-state index contributed by atoms with van der Waals surface area (Å²) in [7, 11) is -3.95. The Labute approximate surface area is 161 Å². The first-order valence-corrected chi connectivity index (χ1v) is 9.76. The first-order chi connectivity index (χ1) is 13.4. The Morgan fingerprint density at radius 3 is 2.14 bits per heavy atom. The number of sulfonamides is 1. The van der Waals surface area contributed by atoms with Crippen LogP contribution in [0.3, 0.4) is 0 Å². The number of carbonyl (C=O) groups is 1. The van der Waals surface area contributed by atoms with Crippen LogP contribution in [0.4, 0.5) is 10.1 Å². The van der Waals surface area contributed by atoms with Gasteiger partial charge in [-0.1, -0.05) is 48.5 Å². The monoisotopic (exact) mass is 400 g/mol. The van der Waals surface area contributed by atoms with Gasteiger partial charge in [0.25, 0.3) is 15.9 Å². The van der Waals surface area contributed by atoms with Crippen LogP contribution in [0, 0.1) is 5.82 Å². The highest BCUT2D eigenvalue weighted by Gasteiger charge is 2.22. The topological polar surface area (TPSA) is 95.5 Å². The van der Waals surface area contributed by atoms with Crippen molar-refractivity contribution < 1.29 is 22.8 Å². The van der Waals surface area contributed by atoms with Crippen LogP contribution in [0.25, 0.3) is 0 Å². The zero-order valence-corrected chi connectivity index (χ0v) is 15.4. The second kappa shape index (κ2) is 8.20. The van der Waals surface area contributed by atoms with Crippen LogP contribution < -0.4 is 10.2 Å². The highest BCUT2D eigenvalue weighted by atomic mass is 32.2. The molecule has 0 fully saturated rings.